The Morgan fingerprint density at radius 3 is 2.74 bits per heavy atom. The molecule has 0 radical (unpaired) electrons. The van der Waals surface area contributed by atoms with Crippen LogP contribution in [0.25, 0.3) is 6.08 Å². The molecule has 98 valence electrons. The number of ketones is 1. The minimum Gasteiger partial charge on any atom is -0.378 e. The lowest BCUT2D eigenvalue weighted by Crippen LogP contribution is -2.49. The lowest BCUT2D eigenvalue weighted by atomic mass is 10.1. The third-order valence-corrected chi connectivity index (χ3v) is 2.75. The van der Waals surface area contributed by atoms with Gasteiger partial charge in [0.15, 0.2) is 5.78 Å². The molecule has 19 heavy (non-hydrogen) atoms. The van der Waals surface area contributed by atoms with E-state index in [1.807, 2.05) is 37.3 Å². The number of carbonyl (C=O) groups is 2. The Bertz CT molecular complexity index is 532. The van der Waals surface area contributed by atoms with Crippen LogP contribution in [0.1, 0.15) is 12.5 Å². The van der Waals surface area contributed by atoms with E-state index in [-0.39, 0.29) is 17.7 Å². The number of allylic oxidation sites excluding steroid dienone is 2. The molecular weight excluding hydrogens is 240 g/mol. The van der Waals surface area contributed by atoms with Crippen LogP contribution in [-0.2, 0) is 9.59 Å². The third kappa shape index (κ3) is 3.81. The van der Waals surface area contributed by atoms with E-state index in [1.54, 1.807) is 6.08 Å². The lowest BCUT2D eigenvalue weighted by molar-refractivity contribution is -0.119. The molecular formula is C15H16N2O2. The van der Waals surface area contributed by atoms with E-state index < -0.39 is 0 Å². The molecule has 0 bridgehead atoms. The number of benzene rings is 1. The minimum atomic E-state index is -0.236. The second-order valence-corrected chi connectivity index (χ2v) is 4.46. The Labute approximate surface area is 112 Å². The maximum absolute atomic E-state index is 11.7. The van der Waals surface area contributed by atoms with Gasteiger partial charge < -0.3 is 10.6 Å². The molecule has 2 N–H and O–H groups in total. The zero-order valence-corrected chi connectivity index (χ0v) is 10.7. The van der Waals surface area contributed by atoms with Gasteiger partial charge in [0.2, 0.25) is 0 Å². The highest BCUT2D eigenvalue weighted by Crippen LogP contribution is 2.03. The fourth-order valence-corrected chi connectivity index (χ4v) is 1.75. The lowest BCUT2D eigenvalue weighted by Gasteiger charge is -2.23. The Morgan fingerprint density at radius 2 is 2.05 bits per heavy atom. The van der Waals surface area contributed by atoms with Gasteiger partial charge in [-0.05, 0) is 18.6 Å². The van der Waals surface area contributed by atoms with Crippen molar-refractivity contribution in [2.45, 2.75) is 13.0 Å². The predicted octanol–water partition coefficient (Wildman–Crippen LogP) is 1.26. The highest BCUT2D eigenvalue weighted by molar-refractivity contribution is 6.07. The topological polar surface area (TPSA) is 58.2 Å². The molecule has 1 aliphatic heterocycles. The van der Waals surface area contributed by atoms with Gasteiger partial charge in [0.25, 0.3) is 5.91 Å². The van der Waals surface area contributed by atoms with Crippen molar-refractivity contribution in [2.24, 2.45) is 0 Å². The number of carbonyl (C=O) groups excluding carboxylic acids is 2. The van der Waals surface area contributed by atoms with E-state index in [0.29, 0.717) is 12.2 Å². The van der Waals surface area contributed by atoms with Crippen LogP contribution in [0.5, 0.6) is 0 Å². The summed E-state index contributed by atoms with van der Waals surface area (Å²) >= 11 is 0. The van der Waals surface area contributed by atoms with Crippen molar-refractivity contribution >= 4 is 17.8 Å². The fourth-order valence-electron chi connectivity index (χ4n) is 1.75. The van der Waals surface area contributed by atoms with E-state index in [9.17, 15) is 9.59 Å². The molecule has 1 heterocycles. The van der Waals surface area contributed by atoms with E-state index in [4.69, 9.17) is 0 Å². The first kappa shape index (κ1) is 13.1. The van der Waals surface area contributed by atoms with Crippen LogP contribution >= 0.6 is 0 Å². The number of amides is 1. The summed E-state index contributed by atoms with van der Waals surface area (Å²) in [5, 5.41) is 5.70. The molecule has 1 amide bonds. The Balaban J connectivity index is 2.01. The first-order valence-corrected chi connectivity index (χ1v) is 6.18. The van der Waals surface area contributed by atoms with Crippen LogP contribution in [0, 0.1) is 0 Å². The van der Waals surface area contributed by atoms with E-state index in [2.05, 4.69) is 10.6 Å². The highest BCUT2D eigenvalue weighted by atomic mass is 16.2. The molecule has 1 unspecified atom stereocenters. The van der Waals surface area contributed by atoms with Gasteiger partial charge >= 0.3 is 0 Å². The summed E-state index contributed by atoms with van der Waals surface area (Å²) in [7, 11) is 0. The number of piperazine rings is 1. The first-order chi connectivity index (χ1) is 9.15. The first-order valence-electron chi connectivity index (χ1n) is 6.18. The highest BCUT2D eigenvalue weighted by Gasteiger charge is 2.18. The average molecular weight is 256 g/mol. The molecule has 1 fully saturated rings. The Kier molecular flexibility index (Phi) is 4.13. The number of nitrogens with one attached hydrogen (secondary N) is 2. The van der Waals surface area contributed by atoms with Crippen molar-refractivity contribution in [3.05, 3.63) is 53.7 Å². The standard InChI is InChI=1S/C15H16N2O2/c1-11-10-16-14(15(19)17-11)9-13(18)8-7-12-5-3-2-4-6-12/h2-9,11,16H,10H2,1H3,(H,17,19). The average Bonchev–Trinajstić information content (AvgIpc) is 2.41. The molecule has 0 aromatic heterocycles. The summed E-state index contributed by atoms with van der Waals surface area (Å²) in [4.78, 5) is 23.3. The predicted molar refractivity (Wildman–Crippen MR) is 74.2 cm³/mol. The van der Waals surface area contributed by atoms with Crippen LogP contribution in [-0.4, -0.2) is 24.3 Å². The van der Waals surface area contributed by atoms with Crippen LogP contribution in [0.2, 0.25) is 0 Å². The molecule has 1 aromatic carbocycles. The van der Waals surface area contributed by atoms with Crippen molar-refractivity contribution in [3.8, 4) is 0 Å². The quantitative estimate of drug-likeness (QED) is 0.800. The summed E-state index contributed by atoms with van der Waals surface area (Å²) in [6.45, 7) is 2.53. The van der Waals surface area contributed by atoms with Crippen molar-refractivity contribution in [1.29, 1.82) is 0 Å². The van der Waals surface area contributed by atoms with Crippen molar-refractivity contribution in [2.75, 3.05) is 6.54 Å². The summed E-state index contributed by atoms with van der Waals surface area (Å²) in [5.74, 6) is -0.448. The van der Waals surface area contributed by atoms with Gasteiger partial charge in [-0.25, -0.2) is 0 Å². The van der Waals surface area contributed by atoms with Crippen LogP contribution in [0.15, 0.2) is 48.2 Å². The largest absolute Gasteiger partial charge is 0.378 e. The molecule has 0 saturated carbocycles. The van der Waals surface area contributed by atoms with Gasteiger partial charge in [0, 0.05) is 18.7 Å². The molecule has 4 nitrogen and oxygen atoms in total. The van der Waals surface area contributed by atoms with Crippen LogP contribution in [0.4, 0.5) is 0 Å². The summed E-state index contributed by atoms with van der Waals surface area (Å²) < 4.78 is 0. The van der Waals surface area contributed by atoms with E-state index >= 15 is 0 Å². The third-order valence-electron chi connectivity index (χ3n) is 2.75. The molecule has 0 spiro atoms. The number of hydrogen-bond acceptors (Lipinski definition) is 3. The Hall–Kier alpha value is -2.36. The number of hydrogen-bond donors (Lipinski definition) is 2. The molecule has 1 aliphatic rings. The maximum Gasteiger partial charge on any atom is 0.267 e. The molecule has 4 heteroatoms. The van der Waals surface area contributed by atoms with Gasteiger partial charge in [-0.2, -0.15) is 0 Å². The second-order valence-electron chi connectivity index (χ2n) is 4.46. The van der Waals surface area contributed by atoms with Gasteiger partial charge in [0.1, 0.15) is 5.70 Å². The van der Waals surface area contributed by atoms with Crippen molar-refractivity contribution < 1.29 is 9.59 Å². The second kappa shape index (κ2) is 6.00. The maximum atomic E-state index is 11.7. The Morgan fingerprint density at radius 1 is 1.32 bits per heavy atom. The van der Waals surface area contributed by atoms with Crippen LogP contribution < -0.4 is 10.6 Å². The van der Waals surface area contributed by atoms with E-state index in [1.165, 1.54) is 12.2 Å². The fraction of sp³-hybridized carbons (Fsp3) is 0.200. The van der Waals surface area contributed by atoms with Crippen molar-refractivity contribution in [1.82, 2.24) is 10.6 Å². The van der Waals surface area contributed by atoms with E-state index in [0.717, 1.165) is 5.56 Å². The molecule has 1 saturated heterocycles. The van der Waals surface area contributed by atoms with Gasteiger partial charge in [0.05, 0.1) is 0 Å². The monoisotopic (exact) mass is 256 g/mol. The van der Waals surface area contributed by atoms with Gasteiger partial charge in [-0.3, -0.25) is 9.59 Å². The summed E-state index contributed by atoms with van der Waals surface area (Å²) in [6, 6.07) is 9.62. The zero-order valence-electron chi connectivity index (χ0n) is 10.7. The zero-order chi connectivity index (χ0) is 13.7. The summed E-state index contributed by atoms with van der Waals surface area (Å²) in [5.41, 5.74) is 1.27. The van der Waals surface area contributed by atoms with Gasteiger partial charge in [-0.15, -0.1) is 0 Å². The molecule has 1 aromatic rings. The number of rotatable bonds is 3. The summed E-state index contributed by atoms with van der Waals surface area (Å²) in [6.07, 6.45) is 4.50. The normalized spacial score (nSPS) is 21.2. The molecule has 1 atom stereocenters. The smallest absolute Gasteiger partial charge is 0.267 e. The minimum absolute atomic E-state index is 0.0830. The van der Waals surface area contributed by atoms with Gasteiger partial charge in [-0.1, -0.05) is 36.4 Å². The molecule has 0 aliphatic carbocycles. The molecule has 2 rings (SSSR count). The van der Waals surface area contributed by atoms with Crippen LogP contribution in [0.3, 0.4) is 0 Å². The SMILES string of the molecule is CC1CNC(=CC(=O)C=Cc2ccccc2)C(=O)N1. The van der Waals surface area contributed by atoms with Crippen molar-refractivity contribution in [3.63, 3.8) is 0 Å².